The normalized spacial score (nSPS) is 11.3. The molecule has 176 valence electrons. The van der Waals surface area contributed by atoms with Crippen molar-refractivity contribution in [2.45, 2.75) is 32.6 Å². The van der Waals surface area contributed by atoms with E-state index in [9.17, 15) is 18.0 Å². The van der Waals surface area contributed by atoms with E-state index >= 15 is 0 Å². The summed E-state index contributed by atoms with van der Waals surface area (Å²) in [6.45, 7) is 6.20. The fourth-order valence-electron chi connectivity index (χ4n) is 3.16. The molecule has 0 unspecified atom stereocenters. The largest absolute Gasteiger partial charge is 0.481 e. The summed E-state index contributed by atoms with van der Waals surface area (Å²) in [7, 11) is -4.21. The number of anilines is 2. The zero-order chi connectivity index (χ0) is 24.5. The molecule has 3 rings (SSSR count). The van der Waals surface area contributed by atoms with E-state index in [2.05, 4.69) is 15.2 Å². The first kappa shape index (κ1) is 24.6. The quantitative estimate of drug-likeness (QED) is 0.407. The molecular weight excluding hydrogens is 494 g/mol. The number of aromatic nitrogens is 1. The summed E-state index contributed by atoms with van der Waals surface area (Å²) in [5.74, 6) is -1.72. The number of aliphatic carboxylic acids is 1. The van der Waals surface area contributed by atoms with Crippen LogP contribution in [0.5, 0.6) is 5.75 Å². The third kappa shape index (κ3) is 5.13. The van der Waals surface area contributed by atoms with E-state index in [1.165, 1.54) is 11.4 Å². The molecule has 0 bridgehead atoms. The van der Waals surface area contributed by atoms with Crippen LogP contribution in [0.25, 0.3) is 0 Å². The van der Waals surface area contributed by atoms with Gasteiger partial charge in [0.2, 0.25) is 0 Å². The summed E-state index contributed by atoms with van der Waals surface area (Å²) in [5, 5.41) is 16.7. The van der Waals surface area contributed by atoms with E-state index in [-0.39, 0.29) is 20.7 Å². The van der Waals surface area contributed by atoms with Crippen LogP contribution in [0.2, 0.25) is 5.02 Å². The van der Waals surface area contributed by atoms with Gasteiger partial charge in [0.15, 0.2) is 6.61 Å². The molecule has 2 aromatic heterocycles. The smallest absolute Gasteiger partial charge is 0.341 e. The van der Waals surface area contributed by atoms with Crippen LogP contribution in [0.1, 0.15) is 32.1 Å². The van der Waals surface area contributed by atoms with Crippen molar-refractivity contribution in [3.05, 3.63) is 49.8 Å². The first-order valence-electron chi connectivity index (χ1n) is 9.41. The van der Waals surface area contributed by atoms with Crippen LogP contribution in [-0.4, -0.2) is 37.2 Å². The van der Waals surface area contributed by atoms with Gasteiger partial charge >= 0.3 is 5.97 Å². The predicted molar refractivity (Wildman–Crippen MR) is 123 cm³/mol. The lowest BCUT2D eigenvalue weighted by atomic mass is 10.0. The highest BCUT2D eigenvalue weighted by Crippen LogP contribution is 2.34. The van der Waals surface area contributed by atoms with Gasteiger partial charge in [0.25, 0.3) is 21.8 Å². The molecule has 10 nitrogen and oxygen atoms in total. The first-order valence-corrected chi connectivity index (χ1v) is 12.1. The highest BCUT2D eigenvalue weighted by molar-refractivity contribution is 7.93. The molecule has 0 aliphatic carbocycles. The number of carbonyl (C=O) groups is 2. The fraction of sp³-hybridized carbons (Fsp3) is 0.250. The molecule has 0 radical (unpaired) electrons. The Hall–Kier alpha value is -3.09. The first-order chi connectivity index (χ1) is 15.4. The van der Waals surface area contributed by atoms with Crippen LogP contribution in [0, 0.1) is 27.7 Å². The van der Waals surface area contributed by atoms with Gasteiger partial charge in [-0.2, -0.15) is 0 Å². The van der Waals surface area contributed by atoms with Crippen LogP contribution in [-0.2, 0) is 14.8 Å². The van der Waals surface area contributed by atoms with Crippen molar-refractivity contribution in [1.29, 1.82) is 0 Å². The molecule has 3 aromatic rings. The minimum absolute atomic E-state index is 0.0135. The number of carboxylic acids is 1. The van der Waals surface area contributed by atoms with Crippen molar-refractivity contribution in [2.24, 2.45) is 0 Å². The number of sulfonamides is 1. The maximum atomic E-state index is 13.0. The number of carbonyl (C=O) groups excluding carboxylic acids is 1. The number of nitrogens with one attached hydrogen (secondary N) is 2. The van der Waals surface area contributed by atoms with Gasteiger partial charge in [-0.05, 0) is 50.3 Å². The standard InChI is InChI=1S/C20H20ClN3O7S2/c1-9-7-10(2)17(30-8-14(25)26)11(3)16(9)22-19(27)18-13(5-6-32-18)33(28,29)24-20-15(21)12(4)23-31-20/h5-7,24H,8H2,1-4H3,(H,22,27)(H,25,26). The Balaban J connectivity index is 1.91. The molecule has 0 saturated heterocycles. The van der Waals surface area contributed by atoms with E-state index in [0.717, 1.165) is 11.3 Å². The number of amides is 1. The summed E-state index contributed by atoms with van der Waals surface area (Å²) >= 11 is 6.92. The number of thiophene rings is 1. The minimum atomic E-state index is -4.21. The molecule has 33 heavy (non-hydrogen) atoms. The molecule has 13 heteroatoms. The molecule has 1 amide bonds. The van der Waals surface area contributed by atoms with Crippen molar-refractivity contribution in [1.82, 2.24) is 5.16 Å². The van der Waals surface area contributed by atoms with Gasteiger partial charge in [-0.1, -0.05) is 22.8 Å². The number of aryl methyl sites for hydroxylation is 3. The molecule has 2 heterocycles. The van der Waals surface area contributed by atoms with Gasteiger partial charge in [0.05, 0.1) is 5.69 Å². The van der Waals surface area contributed by atoms with Crippen molar-refractivity contribution in [2.75, 3.05) is 16.6 Å². The Morgan fingerprint density at radius 3 is 2.55 bits per heavy atom. The average molecular weight is 514 g/mol. The van der Waals surface area contributed by atoms with Crippen molar-refractivity contribution < 1.29 is 32.4 Å². The second kappa shape index (κ2) is 9.41. The molecule has 0 spiro atoms. The lowest BCUT2D eigenvalue weighted by Gasteiger charge is -2.18. The van der Waals surface area contributed by atoms with Gasteiger partial charge < -0.3 is 19.7 Å². The Bertz CT molecular complexity index is 1350. The summed E-state index contributed by atoms with van der Waals surface area (Å²) < 4.78 is 38.2. The molecule has 0 aliphatic heterocycles. The predicted octanol–water partition coefficient (Wildman–Crippen LogP) is 4.14. The minimum Gasteiger partial charge on any atom is -0.481 e. The topological polar surface area (TPSA) is 148 Å². The third-order valence-corrected chi connectivity index (χ3v) is 7.48. The Morgan fingerprint density at radius 2 is 1.94 bits per heavy atom. The van der Waals surface area contributed by atoms with E-state index < -0.39 is 28.5 Å². The van der Waals surface area contributed by atoms with Crippen LogP contribution in [0.3, 0.4) is 0 Å². The highest BCUT2D eigenvalue weighted by Gasteiger charge is 2.27. The van der Waals surface area contributed by atoms with E-state index in [1.807, 2.05) is 0 Å². The van der Waals surface area contributed by atoms with Crippen LogP contribution >= 0.6 is 22.9 Å². The number of rotatable bonds is 8. The number of nitrogens with zero attached hydrogens (tertiary/aromatic N) is 1. The lowest BCUT2D eigenvalue weighted by molar-refractivity contribution is -0.139. The SMILES string of the molecule is Cc1cc(C)c(OCC(=O)O)c(C)c1NC(=O)c1sccc1S(=O)(=O)Nc1onc(C)c1Cl. The van der Waals surface area contributed by atoms with Crippen LogP contribution in [0.4, 0.5) is 11.6 Å². The van der Waals surface area contributed by atoms with Gasteiger partial charge in [0.1, 0.15) is 26.2 Å². The van der Waals surface area contributed by atoms with Crippen molar-refractivity contribution in [3.63, 3.8) is 0 Å². The molecular formula is C20H20ClN3O7S2. The number of hydrogen-bond acceptors (Lipinski definition) is 8. The molecule has 1 aromatic carbocycles. The van der Waals surface area contributed by atoms with Crippen molar-refractivity contribution in [3.8, 4) is 5.75 Å². The second-order valence-corrected chi connectivity index (χ2v) is 10.1. The number of halogens is 1. The molecule has 0 saturated carbocycles. The summed E-state index contributed by atoms with van der Waals surface area (Å²) in [6.07, 6.45) is 0. The zero-order valence-corrected chi connectivity index (χ0v) is 20.4. The number of carboxylic acid groups (broad SMARTS) is 1. The van der Waals surface area contributed by atoms with Crippen LogP contribution < -0.4 is 14.8 Å². The molecule has 0 fully saturated rings. The van der Waals surface area contributed by atoms with E-state index in [1.54, 1.807) is 33.8 Å². The van der Waals surface area contributed by atoms with Crippen molar-refractivity contribution >= 4 is 56.4 Å². The molecule has 0 aliphatic rings. The third-order valence-electron chi connectivity index (χ3n) is 4.62. The van der Waals surface area contributed by atoms with Gasteiger partial charge in [-0.15, -0.1) is 11.3 Å². The lowest BCUT2D eigenvalue weighted by Crippen LogP contribution is -2.19. The zero-order valence-electron chi connectivity index (χ0n) is 18.0. The maximum absolute atomic E-state index is 13.0. The van der Waals surface area contributed by atoms with Gasteiger partial charge in [-0.3, -0.25) is 4.79 Å². The summed E-state index contributed by atoms with van der Waals surface area (Å²) in [5.41, 5.74) is 2.62. The fourth-order valence-corrected chi connectivity index (χ4v) is 5.65. The summed E-state index contributed by atoms with van der Waals surface area (Å²) in [4.78, 5) is 23.6. The monoisotopic (exact) mass is 513 g/mol. The second-order valence-electron chi connectivity index (χ2n) is 7.11. The van der Waals surface area contributed by atoms with Gasteiger partial charge in [-0.25, -0.2) is 17.9 Å². The maximum Gasteiger partial charge on any atom is 0.341 e. The van der Waals surface area contributed by atoms with E-state index in [0.29, 0.717) is 33.8 Å². The van der Waals surface area contributed by atoms with Gasteiger partial charge in [0, 0.05) is 5.56 Å². The average Bonchev–Trinajstić information content (AvgIpc) is 3.34. The number of benzene rings is 1. The Kier molecular flexibility index (Phi) is 7.00. The Labute approximate surface area is 198 Å². The number of ether oxygens (including phenoxy) is 1. The highest BCUT2D eigenvalue weighted by atomic mass is 35.5. The molecule has 0 atom stereocenters. The molecule has 3 N–H and O–H groups in total. The van der Waals surface area contributed by atoms with E-state index in [4.69, 9.17) is 26.0 Å². The summed E-state index contributed by atoms with van der Waals surface area (Å²) in [6, 6.07) is 3.02. The Morgan fingerprint density at radius 1 is 1.24 bits per heavy atom. The van der Waals surface area contributed by atoms with Crippen LogP contribution in [0.15, 0.2) is 26.9 Å². The number of hydrogen-bond donors (Lipinski definition) is 3.